The Morgan fingerprint density at radius 2 is 1.68 bits per heavy atom. The molecule has 5 rings (SSSR count). The Morgan fingerprint density at radius 1 is 0.973 bits per heavy atom. The van der Waals surface area contributed by atoms with Crippen molar-refractivity contribution < 1.29 is 19.4 Å². The number of aromatic nitrogens is 4. The van der Waals surface area contributed by atoms with Crippen molar-refractivity contribution in [2.24, 2.45) is 0 Å². The number of methoxy groups -OCH3 is 1. The number of carbonyl (C=O) groups is 2. The third-order valence-corrected chi connectivity index (χ3v) is 6.10. The summed E-state index contributed by atoms with van der Waals surface area (Å²) in [6, 6.07) is 19.3. The van der Waals surface area contributed by atoms with Crippen LogP contribution in [0.2, 0.25) is 0 Å². The van der Waals surface area contributed by atoms with Crippen LogP contribution in [-0.2, 0) is 24.3 Å². The van der Waals surface area contributed by atoms with Crippen molar-refractivity contribution in [2.45, 2.75) is 19.5 Å². The molecule has 1 amide bonds. The summed E-state index contributed by atoms with van der Waals surface area (Å²) in [7, 11) is 1.59. The number of carboxylic acids is 1. The Bertz CT molecular complexity index is 1670. The molecule has 2 heterocycles. The van der Waals surface area contributed by atoms with Crippen LogP contribution in [0.4, 0.5) is 0 Å². The number of carboxylic acid groups (broad SMARTS) is 1. The average Bonchev–Trinajstić information content (AvgIpc) is 3.40. The second-order valence-electron chi connectivity index (χ2n) is 8.54. The van der Waals surface area contributed by atoms with Crippen LogP contribution in [0.25, 0.3) is 16.7 Å². The van der Waals surface area contributed by atoms with Crippen molar-refractivity contribution in [3.63, 3.8) is 0 Å². The number of amides is 1. The molecule has 5 aromatic rings. The molecule has 0 radical (unpaired) electrons. The molecule has 10 heteroatoms. The molecule has 0 bridgehead atoms. The molecule has 0 fully saturated rings. The van der Waals surface area contributed by atoms with E-state index < -0.39 is 5.97 Å². The standard InChI is InChI=1S/C27H23N5O5/c1-37-21-9-6-18(7-10-21)14-28-25(35)20-8-11-23-22(13-20)26(36)31(27-30-29-16-32(23)27)15-19-4-2-17(3-5-19)12-24(33)34/h2-11,13,16H,12,14-15H2,1H3,(H,28,35)(H,33,34). The summed E-state index contributed by atoms with van der Waals surface area (Å²) in [4.78, 5) is 37.4. The molecule has 0 aliphatic heterocycles. The van der Waals surface area contributed by atoms with Crippen molar-refractivity contribution in [1.82, 2.24) is 24.5 Å². The van der Waals surface area contributed by atoms with Gasteiger partial charge in [-0.2, -0.15) is 0 Å². The summed E-state index contributed by atoms with van der Waals surface area (Å²) in [5.74, 6) is -0.115. The van der Waals surface area contributed by atoms with E-state index in [0.29, 0.717) is 34.4 Å². The smallest absolute Gasteiger partial charge is 0.307 e. The molecule has 2 aromatic heterocycles. The molecular weight excluding hydrogens is 474 g/mol. The van der Waals surface area contributed by atoms with Gasteiger partial charge in [0.1, 0.15) is 12.1 Å². The first-order chi connectivity index (χ1) is 17.9. The van der Waals surface area contributed by atoms with Gasteiger partial charge in [-0.1, -0.05) is 36.4 Å². The lowest BCUT2D eigenvalue weighted by Gasteiger charge is -2.12. The molecular formula is C27H23N5O5. The van der Waals surface area contributed by atoms with Gasteiger partial charge in [-0.15, -0.1) is 10.2 Å². The largest absolute Gasteiger partial charge is 0.497 e. The second-order valence-corrected chi connectivity index (χ2v) is 8.54. The minimum Gasteiger partial charge on any atom is -0.497 e. The summed E-state index contributed by atoms with van der Waals surface area (Å²) in [6.07, 6.45) is 1.45. The zero-order valence-electron chi connectivity index (χ0n) is 19.9. The van der Waals surface area contributed by atoms with Crippen LogP contribution in [0.5, 0.6) is 5.75 Å². The van der Waals surface area contributed by atoms with Crippen LogP contribution in [0.15, 0.2) is 77.9 Å². The van der Waals surface area contributed by atoms with Gasteiger partial charge in [0.2, 0.25) is 5.78 Å². The van der Waals surface area contributed by atoms with Crippen LogP contribution in [0.1, 0.15) is 27.0 Å². The van der Waals surface area contributed by atoms with E-state index in [-0.39, 0.29) is 24.4 Å². The van der Waals surface area contributed by atoms with E-state index in [4.69, 9.17) is 9.84 Å². The van der Waals surface area contributed by atoms with Gasteiger partial charge in [0.05, 0.1) is 31.0 Å². The number of benzene rings is 3. The highest BCUT2D eigenvalue weighted by molar-refractivity contribution is 5.98. The van der Waals surface area contributed by atoms with Crippen LogP contribution < -0.4 is 15.6 Å². The van der Waals surface area contributed by atoms with Crippen molar-refractivity contribution in [3.8, 4) is 5.75 Å². The van der Waals surface area contributed by atoms with Gasteiger partial charge in [0.15, 0.2) is 0 Å². The number of rotatable bonds is 8. The summed E-state index contributed by atoms with van der Waals surface area (Å²) >= 11 is 0. The fourth-order valence-electron chi connectivity index (χ4n) is 4.17. The Labute approximate surface area is 210 Å². The number of carbonyl (C=O) groups excluding carboxylic acids is 1. The van der Waals surface area contributed by atoms with Crippen LogP contribution >= 0.6 is 0 Å². The Morgan fingerprint density at radius 3 is 2.38 bits per heavy atom. The molecule has 0 aliphatic rings. The maximum atomic E-state index is 13.5. The van der Waals surface area contributed by atoms with Crippen LogP contribution in [0, 0.1) is 0 Å². The number of aliphatic carboxylic acids is 1. The number of ether oxygens (including phenoxy) is 1. The Balaban J connectivity index is 1.45. The predicted octanol–water partition coefficient (Wildman–Crippen LogP) is 2.66. The average molecular weight is 498 g/mol. The maximum Gasteiger partial charge on any atom is 0.307 e. The number of hydrogen-bond donors (Lipinski definition) is 2. The lowest BCUT2D eigenvalue weighted by atomic mass is 10.1. The fourth-order valence-corrected chi connectivity index (χ4v) is 4.17. The van der Waals surface area contributed by atoms with Gasteiger partial charge in [0, 0.05) is 12.1 Å². The summed E-state index contributed by atoms with van der Waals surface area (Å²) < 4.78 is 8.35. The lowest BCUT2D eigenvalue weighted by Crippen LogP contribution is -2.25. The minimum absolute atomic E-state index is 0.0755. The van der Waals surface area contributed by atoms with Gasteiger partial charge in [-0.05, 0) is 47.0 Å². The molecule has 0 saturated carbocycles. The normalized spacial score (nSPS) is 11.1. The van der Waals surface area contributed by atoms with Gasteiger partial charge in [-0.25, -0.2) is 0 Å². The van der Waals surface area contributed by atoms with Crippen LogP contribution in [0.3, 0.4) is 0 Å². The molecule has 0 aliphatic carbocycles. The first-order valence-corrected chi connectivity index (χ1v) is 11.5. The first-order valence-electron chi connectivity index (χ1n) is 11.5. The monoisotopic (exact) mass is 497 g/mol. The topological polar surface area (TPSA) is 128 Å². The molecule has 10 nitrogen and oxygen atoms in total. The Kier molecular flexibility index (Phi) is 6.38. The quantitative estimate of drug-likeness (QED) is 0.337. The van der Waals surface area contributed by atoms with Crippen molar-refractivity contribution in [3.05, 3.63) is 106 Å². The zero-order valence-corrected chi connectivity index (χ0v) is 19.9. The molecule has 2 N–H and O–H groups in total. The maximum absolute atomic E-state index is 13.5. The summed E-state index contributed by atoms with van der Waals surface area (Å²) in [5, 5.41) is 20.3. The minimum atomic E-state index is -0.910. The molecule has 186 valence electrons. The third-order valence-electron chi connectivity index (χ3n) is 6.10. The predicted molar refractivity (Wildman–Crippen MR) is 136 cm³/mol. The van der Waals surface area contributed by atoms with Gasteiger partial charge in [0.25, 0.3) is 11.5 Å². The highest BCUT2D eigenvalue weighted by Crippen LogP contribution is 2.17. The second kappa shape index (κ2) is 9.94. The fraction of sp³-hybridized carbons (Fsp3) is 0.148. The molecule has 0 unspecified atom stereocenters. The van der Waals surface area contributed by atoms with E-state index in [0.717, 1.165) is 16.9 Å². The molecule has 0 spiro atoms. The number of fused-ring (bicyclic) bond motifs is 3. The summed E-state index contributed by atoms with van der Waals surface area (Å²) in [5.41, 5.74) is 3.02. The zero-order chi connectivity index (χ0) is 25.9. The van der Waals surface area contributed by atoms with Crippen molar-refractivity contribution in [2.75, 3.05) is 7.11 Å². The van der Waals surface area contributed by atoms with E-state index in [1.165, 1.54) is 10.9 Å². The summed E-state index contributed by atoms with van der Waals surface area (Å²) in [6.45, 7) is 0.533. The van der Waals surface area contributed by atoms with Gasteiger partial charge < -0.3 is 15.2 Å². The molecule has 0 atom stereocenters. The first kappa shape index (κ1) is 23.7. The van der Waals surface area contributed by atoms with Crippen LogP contribution in [-0.4, -0.2) is 43.3 Å². The lowest BCUT2D eigenvalue weighted by molar-refractivity contribution is -0.136. The van der Waals surface area contributed by atoms with E-state index >= 15 is 0 Å². The van der Waals surface area contributed by atoms with E-state index in [1.54, 1.807) is 54.0 Å². The number of hydrogen-bond acceptors (Lipinski definition) is 6. The SMILES string of the molecule is COc1ccc(CNC(=O)c2ccc3c(c2)c(=O)n(Cc2ccc(CC(=O)O)cc2)c2nncn32)cc1. The van der Waals surface area contributed by atoms with Gasteiger partial charge in [-0.3, -0.25) is 23.4 Å². The highest BCUT2D eigenvalue weighted by Gasteiger charge is 2.15. The van der Waals surface area contributed by atoms with Crippen molar-refractivity contribution in [1.29, 1.82) is 0 Å². The van der Waals surface area contributed by atoms with Crippen molar-refractivity contribution >= 4 is 28.6 Å². The Hall–Kier alpha value is -4.99. The van der Waals surface area contributed by atoms with E-state index in [2.05, 4.69) is 15.5 Å². The molecule has 3 aromatic carbocycles. The highest BCUT2D eigenvalue weighted by atomic mass is 16.5. The molecule has 37 heavy (non-hydrogen) atoms. The van der Waals surface area contributed by atoms with E-state index in [1.807, 2.05) is 24.3 Å². The van der Waals surface area contributed by atoms with Gasteiger partial charge >= 0.3 is 5.97 Å². The number of nitrogens with one attached hydrogen (secondary N) is 1. The van der Waals surface area contributed by atoms with E-state index in [9.17, 15) is 14.4 Å². The molecule has 0 saturated heterocycles. The number of nitrogens with zero attached hydrogens (tertiary/aromatic N) is 4. The third kappa shape index (κ3) is 4.90.